The second-order valence-electron chi connectivity index (χ2n) is 7.82. The number of nitro benzene ring substituents is 1. The minimum Gasteiger partial charge on any atom is -0.466 e. The molecule has 0 aliphatic carbocycles. The van der Waals surface area contributed by atoms with E-state index in [2.05, 4.69) is 10.3 Å². The summed E-state index contributed by atoms with van der Waals surface area (Å²) in [6.45, 7) is 6.51. The first-order valence-electron chi connectivity index (χ1n) is 10.3. The minimum absolute atomic E-state index is 0.0441. The number of non-ortho nitro benzene ring substituents is 1. The molecular weight excluding hydrogens is 432 g/mol. The molecule has 3 rings (SSSR count). The van der Waals surface area contributed by atoms with E-state index in [0.717, 1.165) is 0 Å². The molecule has 2 aliphatic heterocycles. The van der Waals surface area contributed by atoms with E-state index >= 15 is 0 Å². The summed E-state index contributed by atoms with van der Waals surface area (Å²) in [5.74, 6) is -0.320. The zero-order valence-electron chi connectivity index (χ0n) is 18.5. The third-order valence-corrected chi connectivity index (χ3v) is 5.99. The number of carbonyl (C=O) groups is 2. The van der Waals surface area contributed by atoms with Crippen LogP contribution in [-0.2, 0) is 14.3 Å². The number of nitrogens with one attached hydrogen (secondary N) is 1. The number of ether oxygens (including phenoxy) is 1. The number of amides is 1. The van der Waals surface area contributed by atoms with Crippen molar-refractivity contribution in [2.24, 2.45) is 10.9 Å². The Kier molecular flexibility index (Phi) is 7.34. The van der Waals surface area contributed by atoms with Gasteiger partial charge in [0.2, 0.25) is 5.91 Å². The first kappa shape index (κ1) is 23.5. The Morgan fingerprint density at radius 2 is 2.00 bits per heavy atom. The molecule has 1 aromatic carbocycles. The van der Waals surface area contributed by atoms with Crippen molar-refractivity contribution >= 4 is 34.5 Å². The molecule has 1 N–H and O–H groups in total. The van der Waals surface area contributed by atoms with E-state index < -0.39 is 16.9 Å². The second kappa shape index (κ2) is 9.99. The number of fused-ring (bicyclic) bond motifs is 1. The van der Waals surface area contributed by atoms with E-state index in [-0.39, 0.29) is 18.0 Å². The fraction of sp³-hybridized carbons (Fsp3) is 0.409. The van der Waals surface area contributed by atoms with Crippen LogP contribution in [0.5, 0.6) is 0 Å². The smallest absolute Gasteiger partial charge is 0.338 e. The number of benzene rings is 1. The van der Waals surface area contributed by atoms with E-state index in [0.29, 0.717) is 46.6 Å². The van der Waals surface area contributed by atoms with Crippen LogP contribution < -0.4 is 5.32 Å². The number of thioether (sulfide) groups is 1. The van der Waals surface area contributed by atoms with Gasteiger partial charge in [-0.25, -0.2) is 9.79 Å². The fourth-order valence-electron chi connectivity index (χ4n) is 3.55. The molecule has 1 aromatic rings. The zero-order chi connectivity index (χ0) is 23.4. The molecule has 0 saturated carbocycles. The van der Waals surface area contributed by atoms with Crippen molar-refractivity contribution in [2.75, 3.05) is 13.7 Å². The maximum atomic E-state index is 12.8. The third-order valence-electron chi connectivity index (χ3n) is 5.10. The van der Waals surface area contributed by atoms with Gasteiger partial charge in [-0.1, -0.05) is 32.5 Å². The van der Waals surface area contributed by atoms with Crippen molar-refractivity contribution in [2.45, 2.75) is 39.7 Å². The highest BCUT2D eigenvalue weighted by Crippen LogP contribution is 2.45. The van der Waals surface area contributed by atoms with Crippen molar-refractivity contribution < 1.29 is 19.2 Å². The van der Waals surface area contributed by atoms with Gasteiger partial charge >= 0.3 is 5.97 Å². The summed E-state index contributed by atoms with van der Waals surface area (Å²) in [7, 11) is 1.31. The summed E-state index contributed by atoms with van der Waals surface area (Å²) in [5.41, 5.74) is 2.29. The van der Waals surface area contributed by atoms with E-state index in [1.807, 2.05) is 31.1 Å². The molecule has 0 saturated heterocycles. The molecule has 10 heteroatoms. The highest BCUT2D eigenvalue weighted by Gasteiger charge is 2.41. The molecular formula is C22H26N4O5S. The standard InChI is InChI=1S/C22H26N4O5S/c1-5-17-19(21(28)31-4)20(14-6-8-15(9-7-14)26(29)30)25-16(12-32-22(25)24-17)10-18(27)23-11-13(2)3/h6-9,12-13,20H,5,10-11H2,1-4H3,(H,23,27). The topological polar surface area (TPSA) is 114 Å². The van der Waals surface area contributed by atoms with Crippen LogP contribution in [0.1, 0.15) is 45.2 Å². The van der Waals surface area contributed by atoms with Crippen molar-refractivity contribution in [1.29, 1.82) is 0 Å². The lowest BCUT2D eigenvalue weighted by Gasteiger charge is -2.36. The van der Waals surface area contributed by atoms with Gasteiger partial charge in [0, 0.05) is 24.4 Å². The van der Waals surface area contributed by atoms with Crippen molar-refractivity contribution in [3.63, 3.8) is 0 Å². The van der Waals surface area contributed by atoms with Crippen LogP contribution in [0.3, 0.4) is 0 Å². The lowest BCUT2D eigenvalue weighted by atomic mass is 9.92. The number of hydrogen-bond donors (Lipinski definition) is 1. The minimum atomic E-state index is -0.607. The number of nitrogens with zero attached hydrogens (tertiary/aromatic N) is 3. The number of esters is 1. The first-order chi connectivity index (χ1) is 15.3. The Bertz CT molecular complexity index is 1010. The van der Waals surface area contributed by atoms with Crippen molar-refractivity contribution in [1.82, 2.24) is 10.2 Å². The summed E-state index contributed by atoms with van der Waals surface area (Å²) in [4.78, 5) is 42.5. The molecule has 170 valence electrons. The van der Waals surface area contributed by atoms with Gasteiger partial charge in [-0.05, 0) is 35.4 Å². The van der Waals surface area contributed by atoms with Crippen LogP contribution in [0.2, 0.25) is 0 Å². The number of amidine groups is 1. The zero-order valence-corrected chi connectivity index (χ0v) is 19.3. The molecule has 2 aliphatic rings. The Balaban J connectivity index is 2.02. The molecule has 0 aromatic heterocycles. The van der Waals surface area contributed by atoms with Gasteiger partial charge < -0.3 is 15.0 Å². The molecule has 0 spiro atoms. The van der Waals surface area contributed by atoms with Crippen LogP contribution in [-0.4, -0.2) is 40.5 Å². The largest absolute Gasteiger partial charge is 0.466 e. The average Bonchev–Trinajstić information content (AvgIpc) is 3.18. The van der Waals surface area contributed by atoms with Gasteiger partial charge in [0.15, 0.2) is 5.17 Å². The summed E-state index contributed by atoms with van der Waals surface area (Å²) in [5, 5.41) is 16.5. The van der Waals surface area contributed by atoms with E-state index in [1.54, 1.807) is 12.1 Å². The molecule has 9 nitrogen and oxygen atoms in total. The van der Waals surface area contributed by atoms with Gasteiger partial charge in [0.25, 0.3) is 5.69 Å². The number of allylic oxidation sites excluding steroid dienone is 1. The normalized spacial score (nSPS) is 17.7. The van der Waals surface area contributed by atoms with Gasteiger partial charge in [0.1, 0.15) is 0 Å². The summed E-state index contributed by atoms with van der Waals surface area (Å²) in [6.07, 6.45) is 0.633. The summed E-state index contributed by atoms with van der Waals surface area (Å²) in [6, 6.07) is 5.46. The van der Waals surface area contributed by atoms with Crippen molar-refractivity contribution in [3.8, 4) is 0 Å². The molecule has 32 heavy (non-hydrogen) atoms. The van der Waals surface area contributed by atoms with E-state index in [1.165, 1.54) is 31.0 Å². The fourth-order valence-corrected chi connectivity index (χ4v) is 4.49. The first-order valence-corrected chi connectivity index (χ1v) is 11.2. The predicted octanol–water partition coefficient (Wildman–Crippen LogP) is 3.90. The van der Waals surface area contributed by atoms with E-state index in [9.17, 15) is 19.7 Å². The molecule has 1 amide bonds. The maximum absolute atomic E-state index is 12.8. The van der Waals surface area contributed by atoms with Crippen LogP contribution in [0, 0.1) is 16.0 Å². The van der Waals surface area contributed by atoms with Crippen LogP contribution in [0.25, 0.3) is 0 Å². The molecule has 1 unspecified atom stereocenters. The Morgan fingerprint density at radius 3 is 2.56 bits per heavy atom. The summed E-state index contributed by atoms with van der Waals surface area (Å²) >= 11 is 1.39. The van der Waals surface area contributed by atoms with Gasteiger partial charge in [-0.15, -0.1) is 0 Å². The number of hydrogen-bond acceptors (Lipinski definition) is 8. The van der Waals surface area contributed by atoms with Crippen LogP contribution >= 0.6 is 11.8 Å². The average molecular weight is 459 g/mol. The number of carbonyl (C=O) groups excluding carboxylic acids is 2. The number of aliphatic imine (C=N–C) groups is 1. The molecule has 1 atom stereocenters. The Hall–Kier alpha value is -3.14. The van der Waals surface area contributed by atoms with Gasteiger partial charge in [-0.2, -0.15) is 0 Å². The molecule has 0 bridgehead atoms. The number of rotatable bonds is 8. The third kappa shape index (κ3) is 4.85. The quantitative estimate of drug-likeness (QED) is 0.357. The molecule has 2 heterocycles. The van der Waals surface area contributed by atoms with Gasteiger partial charge in [-0.3, -0.25) is 14.9 Å². The second-order valence-corrected chi connectivity index (χ2v) is 8.66. The lowest BCUT2D eigenvalue weighted by Crippen LogP contribution is -2.38. The Morgan fingerprint density at radius 1 is 1.31 bits per heavy atom. The SMILES string of the molecule is CCC1=C(C(=O)OC)C(c2ccc([N+](=O)[O-])cc2)N2C(CC(=O)NCC(C)C)=CSC2=N1. The van der Waals surface area contributed by atoms with Crippen molar-refractivity contribution in [3.05, 3.63) is 62.3 Å². The number of methoxy groups -OCH3 is 1. The van der Waals surface area contributed by atoms with Crippen LogP contribution in [0.15, 0.2) is 51.6 Å². The Labute approximate surface area is 190 Å². The molecule has 0 fully saturated rings. The predicted molar refractivity (Wildman–Crippen MR) is 123 cm³/mol. The lowest BCUT2D eigenvalue weighted by molar-refractivity contribution is -0.384. The summed E-state index contributed by atoms with van der Waals surface area (Å²) < 4.78 is 5.06. The van der Waals surface area contributed by atoms with Gasteiger partial charge in [0.05, 0.1) is 35.8 Å². The maximum Gasteiger partial charge on any atom is 0.338 e. The van der Waals surface area contributed by atoms with Crippen LogP contribution in [0.4, 0.5) is 5.69 Å². The monoisotopic (exact) mass is 458 g/mol. The van der Waals surface area contributed by atoms with E-state index in [4.69, 9.17) is 4.74 Å². The highest BCUT2D eigenvalue weighted by molar-refractivity contribution is 8.16. The number of nitro groups is 1. The highest BCUT2D eigenvalue weighted by atomic mass is 32.2. The molecule has 0 radical (unpaired) electrons.